The highest BCUT2D eigenvalue weighted by atomic mass is 16.1. The summed E-state index contributed by atoms with van der Waals surface area (Å²) in [4.78, 5) is 39.9. The summed E-state index contributed by atoms with van der Waals surface area (Å²) in [6, 6.07) is 55.5. The minimum Gasteiger partial charge on any atom is -0.311 e. The average molecular weight is 691 g/mol. The smallest absolute Gasteiger partial charge is 0.252 e. The van der Waals surface area contributed by atoms with E-state index in [0.717, 1.165) is 50.6 Å². The third kappa shape index (κ3) is 3.67. The van der Waals surface area contributed by atoms with E-state index >= 15 is 4.79 Å². The second-order valence-electron chi connectivity index (χ2n) is 14.2. The Bertz CT molecular complexity index is 3320. The van der Waals surface area contributed by atoms with E-state index in [1.54, 1.807) is 0 Å². The van der Waals surface area contributed by atoms with Crippen molar-refractivity contribution in [2.75, 3.05) is 9.80 Å². The van der Waals surface area contributed by atoms with Gasteiger partial charge in [0, 0.05) is 44.6 Å². The first kappa shape index (κ1) is 29.3. The molecule has 0 spiro atoms. The maximum atomic E-state index is 15.1. The highest BCUT2D eigenvalue weighted by Gasteiger charge is 2.44. The summed E-state index contributed by atoms with van der Waals surface area (Å²) in [5.74, 6) is 0. The Kier molecular flexibility index (Phi) is 5.79. The molecule has 6 nitrogen and oxygen atoms in total. The van der Waals surface area contributed by atoms with Crippen LogP contribution in [0.3, 0.4) is 0 Å². The standard InChI is InChI=1S/C47H27BN4O2/c53-46-30-19-7-11-23-35(30)52-36-24-12-8-20-31(36)47(54)43-44(52)40(46)32-27-39-41-45(42(32)49-43)51(29-17-5-2-6-18-29)38-26-14-10-22-34(38)48(41)33-21-9-13-25-37(33)50(39)28-15-3-1-4-16-28/h1-27H. The third-order valence-electron chi connectivity index (χ3n) is 11.4. The first-order valence-electron chi connectivity index (χ1n) is 18.2. The van der Waals surface area contributed by atoms with Crippen molar-refractivity contribution in [3.8, 4) is 0 Å². The van der Waals surface area contributed by atoms with E-state index in [-0.39, 0.29) is 23.1 Å². The molecule has 7 aromatic carbocycles. The fraction of sp³-hybridized carbons (Fsp3) is 0. The van der Waals surface area contributed by atoms with Crippen molar-refractivity contribution < 1.29 is 0 Å². The van der Waals surface area contributed by atoms with Crippen LogP contribution in [0, 0.1) is 0 Å². The maximum Gasteiger partial charge on any atom is 0.252 e. The Hall–Kier alpha value is -7.25. The Morgan fingerprint density at radius 1 is 0.463 bits per heavy atom. The summed E-state index contributed by atoms with van der Waals surface area (Å²) in [6.45, 7) is -0.134. The zero-order valence-electron chi connectivity index (χ0n) is 28.8. The molecule has 5 heterocycles. The van der Waals surface area contributed by atoms with Gasteiger partial charge in [-0.15, -0.1) is 0 Å². The van der Waals surface area contributed by atoms with Gasteiger partial charge in [0.2, 0.25) is 5.43 Å². The SMILES string of the molecule is O=c1c2ccccc2n2c3ccccc3c(=O)c3c4cc5c6c(c4nc1c32)N(c1ccccc1)c1ccccc1B6c1ccccc1N5c1ccccc1. The lowest BCUT2D eigenvalue weighted by Crippen LogP contribution is -2.61. The number of hydrogen-bond acceptors (Lipinski definition) is 5. The summed E-state index contributed by atoms with van der Waals surface area (Å²) in [5.41, 5.74) is 12.0. The second kappa shape index (κ2) is 10.7. The van der Waals surface area contributed by atoms with Crippen LogP contribution in [0.4, 0.5) is 34.1 Å². The third-order valence-corrected chi connectivity index (χ3v) is 11.4. The number of para-hydroxylation sites is 6. The molecule has 0 saturated carbocycles. The van der Waals surface area contributed by atoms with Gasteiger partial charge in [0.15, 0.2) is 5.43 Å². The zero-order valence-corrected chi connectivity index (χ0v) is 28.8. The number of fused-ring (bicyclic) bond motifs is 11. The molecule has 7 heteroatoms. The molecule has 3 aromatic heterocycles. The lowest BCUT2D eigenvalue weighted by Gasteiger charge is -2.44. The lowest BCUT2D eigenvalue weighted by atomic mass is 9.33. The Balaban J connectivity index is 1.38. The summed E-state index contributed by atoms with van der Waals surface area (Å²) in [5, 5.41) is 2.35. The monoisotopic (exact) mass is 690 g/mol. The molecule has 0 bridgehead atoms. The lowest BCUT2D eigenvalue weighted by molar-refractivity contribution is 1.25. The highest BCUT2D eigenvalue weighted by molar-refractivity contribution is 7.00. The zero-order chi connectivity index (χ0) is 35.7. The number of benzene rings is 7. The fourth-order valence-corrected chi connectivity index (χ4v) is 9.33. The number of rotatable bonds is 2. The van der Waals surface area contributed by atoms with Crippen LogP contribution in [0.2, 0.25) is 0 Å². The van der Waals surface area contributed by atoms with Crippen LogP contribution >= 0.6 is 0 Å². The van der Waals surface area contributed by atoms with E-state index in [1.165, 1.54) is 10.9 Å². The van der Waals surface area contributed by atoms with Crippen LogP contribution in [0.25, 0.3) is 49.1 Å². The van der Waals surface area contributed by atoms with Crippen molar-refractivity contribution in [2.45, 2.75) is 0 Å². The predicted octanol–water partition coefficient (Wildman–Crippen LogP) is 8.19. The number of aromatic nitrogens is 2. The van der Waals surface area contributed by atoms with Crippen molar-refractivity contribution in [2.24, 2.45) is 0 Å². The van der Waals surface area contributed by atoms with E-state index in [2.05, 4.69) is 105 Å². The Morgan fingerprint density at radius 3 is 1.63 bits per heavy atom. The van der Waals surface area contributed by atoms with Gasteiger partial charge < -0.3 is 14.2 Å². The van der Waals surface area contributed by atoms with Gasteiger partial charge >= 0.3 is 0 Å². The fourth-order valence-electron chi connectivity index (χ4n) is 9.33. The Labute approximate surface area is 308 Å². The summed E-state index contributed by atoms with van der Waals surface area (Å²) in [6.07, 6.45) is 0. The maximum absolute atomic E-state index is 15.1. The summed E-state index contributed by atoms with van der Waals surface area (Å²) in [7, 11) is 0. The van der Waals surface area contributed by atoms with Crippen molar-refractivity contribution in [1.29, 1.82) is 0 Å². The van der Waals surface area contributed by atoms with E-state index in [0.29, 0.717) is 32.6 Å². The van der Waals surface area contributed by atoms with Gasteiger partial charge in [0.25, 0.3) is 6.71 Å². The minimum atomic E-state index is -0.188. The van der Waals surface area contributed by atoms with E-state index in [4.69, 9.17) is 4.98 Å². The van der Waals surface area contributed by atoms with Gasteiger partial charge in [-0.2, -0.15) is 0 Å². The van der Waals surface area contributed by atoms with Gasteiger partial charge in [-0.3, -0.25) is 9.59 Å². The molecule has 0 amide bonds. The topological polar surface area (TPSA) is 57.9 Å². The highest BCUT2D eigenvalue weighted by Crippen LogP contribution is 2.47. The molecule has 0 aliphatic carbocycles. The average Bonchev–Trinajstić information content (AvgIpc) is 3.23. The number of nitrogens with zero attached hydrogens (tertiary/aromatic N) is 4. The van der Waals surface area contributed by atoms with Gasteiger partial charge in [-0.05, 0) is 83.1 Å². The molecule has 10 aromatic rings. The molecule has 0 N–H and O–H groups in total. The molecule has 0 unspecified atom stereocenters. The van der Waals surface area contributed by atoms with Crippen LogP contribution in [0.1, 0.15) is 0 Å². The van der Waals surface area contributed by atoms with Gasteiger partial charge in [0.1, 0.15) is 5.52 Å². The largest absolute Gasteiger partial charge is 0.311 e. The molecule has 0 saturated heterocycles. The number of pyridine rings is 3. The van der Waals surface area contributed by atoms with Gasteiger partial charge in [-0.1, -0.05) is 97.1 Å². The second-order valence-corrected chi connectivity index (χ2v) is 14.2. The van der Waals surface area contributed by atoms with E-state index in [1.807, 2.05) is 72.8 Å². The molecule has 54 heavy (non-hydrogen) atoms. The molecule has 0 atom stereocenters. The number of hydrogen-bond donors (Lipinski definition) is 0. The number of anilines is 6. The van der Waals surface area contributed by atoms with Crippen molar-refractivity contribution in [3.05, 3.63) is 184 Å². The van der Waals surface area contributed by atoms with Gasteiger partial charge in [0.05, 0.1) is 33.1 Å². The molecular formula is C47H27BN4O2. The normalized spacial score (nSPS) is 13.2. The summed E-state index contributed by atoms with van der Waals surface area (Å²) < 4.78 is 2.08. The molecule has 0 fully saturated rings. The predicted molar refractivity (Wildman–Crippen MR) is 223 cm³/mol. The molecule has 250 valence electrons. The van der Waals surface area contributed by atoms with Crippen LogP contribution in [-0.4, -0.2) is 16.1 Å². The van der Waals surface area contributed by atoms with Crippen LogP contribution in [0.15, 0.2) is 173 Å². The minimum absolute atomic E-state index is 0.119. The Morgan fingerprint density at radius 2 is 0.981 bits per heavy atom. The molecule has 2 aliphatic rings. The van der Waals surface area contributed by atoms with Crippen molar-refractivity contribution in [1.82, 2.24) is 9.38 Å². The van der Waals surface area contributed by atoms with E-state index < -0.39 is 0 Å². The molecule has 0 radical (unpaired) electrons. The molecule has 12 rings (SSSR count). The van der Waals surface area contributed by atoms with Crippen LogP contribution in [-0.2, 0) is 0 Å². The van der Waals surface area contributed by atoms with E-state index in [9.17, 15) is 4.79 Å². The molecule has 2 aliphatic heterocycles. The first-order chi connectivity index (χ1) is 26.7. The van der Waals surface area contributed by atoms with Gasteiger partial charge in [-0.25, -0.2) is 4.98 Å². The first-order valence-corrected chi connectivity index (χ1v) is 18.2. The van der Waals surface area contributed by atoms with Crippen LogP contribution in [0.5, 0.6) is 0 Å². The quantitative estimate of drug-likeness (QED) is 0.104. The van der Waals surface area contributed by atoms with Crippen molar-refractivity contribution >= 4 is 106 Å². The van der Waals surface area contributed by atoms with Crippen molar-refractivity contribution in [3.63, 3.8) is 0 Å². The van der Waals surface area contributed by atoms with Crippen LogP contribution < -0.4 is 37.0 Å². The molecular weight excluding hydrogens is 663 g/mol. The summed E-state index contributed by atoms with van der Waals surface area (Å²) >= 11 is 0.